The van der Waals surface area contributed by atoms with Crippen LogP contribution < -0.4 is 5.56 Å². The molecule has 0 aliphatic heterocycles. The number of aryl methyl sites for hydroxylation is 1. The van der Waals surface area contributed by atoms with Crippen molar-refractivity contribution in [1.82, 2.24) is 9.55 Å². The van der Waals surface area contributed by atoms with Crippen molar-refractivity contribution in [2.45, 2.75) is 55.4 Å². The van der Waals surface area contributed by atoms with Crippen molar-refractivity contribution in [2.24, 2.45) is 0 Å². The highest BCUT2D eigenvalue weighted by molar-refractivity contribution is 7.91. The first-order valence-corrected chi connectivity index (χ1v) is 14.4. The normalized spacial score (nSPS) is 11.9. The summed E-state index contributed by atoms with van der Waals surface area (Å²) in [5.41, 5.74) is 1.93. The Bertz CT molecular complexity index is 1800. The van der Waals surface area contributed by atoms with E-state index in [-0.39, 0.29) is 10.7 Å². The predicted octanol–water partition coefficient (Wildman–Crippen LogP) is 5.53. The molecular weight excluding hydrogens is 524 g/mol. The average Bonchev–Trinajstić information content (AvgIpc) is 2.97. The SMILES string of the molecule is CCCCc1nc(O)c(S(=O)(=O)c2ccc(-c3ccccc3C#N)cc2)c(=O)n1[C@@H](CC)c1cccc(C#N)c1. The lowest BCUT2D eigenvalue weighted by molar-refractivity contribution is 0.406. The summed E-state index contributed by atoms with van der Waals surface area (Å²) in [5, 5.41) is 29.6. The van der Waals surface area contributed by atoms with Gasteiger partial charge in [0.05, 0.1) is 34.2 Å². The van der Waals surface area contributed by atoms with Gasteiger partial charge in [0, 0.05) is 6.42 Å². The lowest BCUT2D eigenvalue weighted by Crippen LogP contribution is -2.33. The fourth-order valence-corrected chi connectivity index (χ4v) is 6.11. The molecule has 0 aliphatic rings. The zero-order valence-corrected chi connectivity index (χ0v) is 23.0. The van der Waals surface area contributed by atoms with Crippen molar-refractivity contribution in [3.63, 3.8) is 0 Å². The van der Waals surface area contributed by atoms with E-state index in [9.17, 15) is 28.8 Å². The molecule has 4 rings (SSSR count). The maximum Gasteiger partial charge on any atom is 0.277 e. The zero-order chi connectivity index (χ0) is 28.9. The van der Waals surface area contributed by atoms with Gasteiger partial charge in [-0.25, -0.2) is 8.42 Å². The third-order valence-corrected chi connectivity index (χ3v) is 8.56. The van der Waals surface area contributed by atoms with Crippen LogP contribution in [0.2, 0.25) is 0 Å². The first-order valence-electron chi connectivity index (χ1n) is 13.0. The number of aromatic nitrogens is 2. The van der Waals surface area contributed by atoms with Crippen molar-refractivity contribution >= 4 is 9.84 Å². The van der Waals surface area contributed by atoms with Crippen LogP contribution in [0, 0.1) is 22.7 Å². The summed E-state index contributed by atoms with van der Waals surface area (Å²) in [6.45, 7) is 3.84. The molecule has 0 saturated carbocycles. The van der Waals surface area contributed by atoms with E-state index in [1.54, 1.807) is 60.7 Å². The molecule has 0 radical (unpaired) electrons. The minimum Gasteiger partial charge on any atom is -0.492 e. The molecule has 202 valence electrons. The van der Waals surface area contributed by atoms with E-state index in [0.29, 0.717) is 47.1 Å². The lowest BCUT2D eigenvalue weighted by Gasteiger charge is -2.23. The monoisotopic (exact) mass is 552 g/mol. The Morgan fingerprint density at radius 2 is 1.70 bits per heavy atom. The zero-order valence-electron chi connectivity index (χ0n) is 22.2. The van der Waals surface area contributed by atoms with E-state index >= 15 is 0 Å². The molecule has 9 heteroatoms. The van der Waals surface area contributed by atoms with Crippen LogP contribution in [0.25, 0.3) is 11.1 Å². The Labute approximate surface area is 233 Å². The Morgan fingerprint density at radius 3 is 2.35 bits per heavy atom. The fourth-order valence-electron chi connectivity index (χ4n) is 4.76. The van der Waals surface area contributed by atoms with Gasteiger partial charge < -0.3 is 5.11 Å². The minimum absolute atomic E-state index is 0.188. The molecule has 8 nitrogen and oxygen atoms in total. The molecule has 0 saturated heterocycles. The Balaban J connectivity index is 1.88. The van der Waals surface area contributed by atoms with E-state index < -0.39 is 32.2 Å². The third kappa shape index (κ3) is 5.38. The first-order chi connectivity index (χ1) is 19.3. The second kappa shape index (κ2) is 12.0. The smallest absolute Gasteiger partial charge is 0.277 e. The van der Waals surface area contributed by atoms with Gasteiger partial charge >= 0.3 is 0 Å². The number of hydrogen-bond donors (Lipinski definition) is 1. The highest BCUT2D eigenvalue weighted by Gasteiger charge is 2.31. The number of nitriles is 2. The number of sulfone groups is 1. The summed E-state index contributed by atoms with van der Waals surface area (Å²) in [6.07, 6.45) is 2.27. The van der Waals surface area contributed by atoms with Gasteiger partial charge in [0.1, 0.15) is 5.82 Å². The fraction of sp³-hybridized carbons (Fsp3) is 0.226. The Morgan fingerprint density at radius 1 is 0.975 bits per heavy atom. The molecule has 0 spiro atoms. The van der Waals surface area contributed by atoms with E-state index in [1.807, 2.05) is 13.8 Å². The van der Waals surface area contributed by atoms with Crippen LogP contribution in [0.15, 0.2) is 87.4 Å². The lowest BCUT2D eigenvalue weighted by atomic mass is 10.0. The highest BCUT2D eigenvalue weighted by Crippen LogP contribution is 2.31. The van der Waals surface area contributed by atoms with Crippen molar-refractivity contribution in [2.75, 3.05) is 0 Å². The molecule has 0 bridgehead atoms. The molecule has 0 aliphatic carbocycles. The molecule has 1 atom stereocenters. The van der Waals surface area contributed by atoms with E-state index in [0.717, 1.165) is 6.42 Å². The molecule has 3 aromatic carbocycles. The van der Waals surface area contributed by atoms with Gasteiger partial charge in [-0.2, -0.15) is 15.5 Å². The maximum absolute atomic E-state index is 14.0. The van der Waals surface area contributed by atoms with Gasteiger partial charge in [0.2, 0.25) is 15.7 Å². The second-order valence-corrected chi connectivity index (χ2v) is 11.2. The van der Waals surface area contributed by atoms with Crippen LogP contribution in [0.1, 0.15) is 61.7 Å². The Hall–Kier alpha value is -4.73. The maximum atomic E-state index is 14.0. The van der Waals surface area contributed by atoms with Crippen LogP contribution in [0.4, 0.5) is 0 Å². The average molecular weight is 553 g/mol. The molecule has 4 aromatic rings. The summed E-state index contributed by atoms with van der Waals surface area (Å²) >= 11 is 0. The summed E-state index contributed by atoms with van der Waals surface area (Å²) in [7, 11) is -4.47. The predicted molar refractivity (Wildman–Crippen MR) is 150 cm³/mol. The van der Waals surface area contributed by atoms with Crippen molar-refractivity contribution in [3.05, 3.63) is 106 Å². The molecule has 1 N–H and O–H groups in total. The standard InChI is InChI=1S/C31H28N4O4S/c1-3-5-13-28-34-30(36)29(31(37)35(28)27(4-2)23-11-8-9-21(18-23)19-32)40(38,39)25-16-14-22(15-17-25)26-12-7-6-10-24(26)20-33/h6-12,14-18,27,36H,3-5,13H2,1-2H3/t27-/m0/s1. The van der Waals surface area contributed by atoms with Crippen LogP contribution in [0.3, 0.4) is 0 Å². The summed E-state index contributed by atoms with van der Waals surface area (Å²) in [6, 6.07) is 23.2. The molecule has 0 unspecified atom stereocenters. The van der Waals surface area contributed by atoms with E-state index in [2.05, 4.69) is 17.1 Å². The summed E-state index contributed by atoms with van der Waals surface area (Å²) in [5.74, 6) is -0.562. The van der Waals surface area contributed by atoms with E-state index in [1.165, 1.54) is 16.7 Å². The quantitative estimate of drug-likeness (QED) is 0.288. The number of benzene rings is 3. The molecule has 40 heavy (non-hydrogen) atoms. The van der Waals surface area contributed by atoms with Crippen molar-refractivity contribution < 1.29 is 13.5 Å². The number of hydrogen-bond acceptors (Lipinski definition) is 7. The Kier molecular flexibility index (Phi) is 8.47. The number of unbranched alkanes of at least 4 members (excludes halogenated alkanes) is 1. The third-order valence-electron chi connectivity index (χ3n) is 6.77. The van der Waals surface area contributed by atoms with Crippen LogP contribution >= 0.6 is 0 Å². The molecule has 0 fully saturated rings. The van der Waals surface area contributed by atoms with Crippen LogP contribution in [-0.4, -0.2) is 23.1 Å². The minimum atomic E-state index is -4.47. The molecule has 0 amide bonds. The second-order valence-electron chi connectivity index (χ2n) is 9.31. The van der Waals surface area contributed by atoms with Gasteiger partial charge in [-0.1, -0.05) is 62.7 Å². The number of nitrogens with zero attached hydrogens (tertiary/aromatic N) is 4. The topological polar surface area (TPSA) is 137 Å². The van der Waals surface area contributed by atoms with Crippen LogP contribution in [-0.2, 0) is 16.3 Å². The van der Waals surface area contributed by atoms with Gasteiger partial charge in [-0.05, 0) is 59.9 Å². The van der Waals surface area contributed by atoms with Gasteiger partial charge in [0.25, 0.3) is 5.56 Å². The van der Waals surface area contributed by atoms with E-state index in [4.69, 9.17) is 0 Å². The van der Waals surface area contributed by atoms with Gasteiger partial charge in [-0.15, -0.1) is 0 Å². The van der Waals surface area contributed by atoms with Crippen molar-refractivity contribution in [3.8, 4) is 29.1 Å². The number of rotatable bonds is 9. The largest absolute Gasteiger partial charge is 0.492 e. The summed E-state index contributed by atoms with van der Waals surface area (Å²) in [4.78, 5) is 17.2. The highest BCUT2D eigenvalue weighted by atomic mass is 32.2. The number of aromatic hydroxyl groups is 1. The first kappa shape index (κ1) is 28.3. The van der Waals surface area contributed by atoms with Crippen LogP contribution in [0.5, 0.6) is 5.88 Å². The van der Waals surface area contributed by atoms with Crippen molar-refractivity contribution in [1.29, 1.82) is 10.5 Å². The van der Waals surface area contributed by atoms with Gasteiger partial charge in [0.15, 0.2) is 4.90 Å². The molecule has 1 heterocycles. The van der Waals surface area contributed by atoms with Gasteiger partial charge in [-0.3, -0.25) is 9.36 Å². The molecule has 1 aromatic heterocycles. The summed E-state index contributed by atoms with van der Waals surface area (Å²) < 4.78 is 28.9. The molecular formula is C31H28N4O4S.